The van der Waals surface area contributed by atoms with Gasteiger partial charge in [-0.1, -0.05) is 70.5 Å². The zero-order valence-corrected chi connectivity index (χ0v) is 20.5. The van der Waals surface area contributed by atoms with Crippen LogP contribution in [-0.4, -0.2) is 54.8 Å². The maximum absolute atomic E-state index is 12.0. The Morgan fingerprint density at radius 1 is 0.824 bits per heavy atom. The summed E-state index contributed by atoms with van der Waals surface area (Å²) < 4.78 is 5.52. The van der Waals surface area contributed by atoms with Crippen molar-refractivity contribution in [2.45, 2.75) is 26.0 Å². The fourth-order valence-electron chi connectivity index (χ4n) is 2.93. The Morgan fingerprint density at radius 2 is 1.50 bits per heavy atom. The first-order chi connectivity index (χ1) is 16.4. The number of carbonyl (C=O) groups excluding carboxylic acids is 4. The van der Waals surface area contributed by atoms with Gasteiger partial charge in [-0.25, -0.2) is 0 Å². The van der Waals surface area contributed by atoms with Gasteiger partial charge in [-0.15, -0.1) is 0 Å². The molecule has 4 N–H and O–H groups in total. The van der Waals surface area contributed by atoms with Crippen LogP contribution in [0.1, 0.15) is 23.6 Å². The molecule has 9 nitrogen and oxygen atoms in total. The van der Waals surface area contributed by atoms with E-state index in [1.165, 1.54) is 18.1 Å². The number of hydrogen-bond acceptors (Lipinski definition) is 5. The van der Waals surface area contributed by atoms with Gasteiger partial charge in [0.25, 0.3) is 0 Å². The second-order valence-electron chi connectivity index (χ2n) is 7.49. The Bertz CT molecular complexity index is 971. The number of carbonyl (C=O) groups is 4. The van der Waals surface area contributed by atoms with Crippen LogP contribution in [0.2, 0.25) is 0 Å². The summed E-state index contributed by atoms with van der Waals surface area (Å²) in [4.78, 5) is 46.8. The molecule has 1 unspecified atom stereocenters. The Kier molecular flexibility index (Phi) is 11.8. The van der Waals surface area contributed by atoms with E-state index in [0.29, 0.717) is 6.61 Å². The number of hydrogen-bond donors (Lipinski definition) is 4. The quantitative estimate of drug-likeness (QED) is 0.174. The third kappa shape index (κ3) is 10.6. The minimum Gasteiger partial charge on any atom is -0.357 e. The summed E-state index contributed by atoms with van der Waals surface area (Å²) in [6, 6.07) is 17.4. The molecule has 2 rings (SSSR count). The molecule has 2 aromatic carbocycles. The largest absolute Gasteiger partial charge is 0.357 e. The molecule has 0 saturated heterocycles. The van der Waals surface area contributed by atoms with Crippen molar-refractivity contribution in [2.75, 3.05) is 25.2 Å². The van der Waals surface area contributed by atoms with Crippen molar-refractivity contribution in [1.82, 2.24) is 21.3 Å². The molecule has 0 aliphatic heterocycles. The summed E-state index contributed by atoms with van der Waals surface area (Å²) in [5.41, 5.74) is 3.39. The topological polar surface area (TPSA) is 126 Å². The number of alkyl halides is 1. The summed E-state index contributed by atoms with van der Waals surface area (Å²) in [7, 11) is 0. The van der Waals surface area contributed by atoms with Crippen LogP contribution < -0.4 is 21.3 Å². The highest BCUT2D eigenvalue weighted by Crippen LogP contribution is 2.12. The first-order valence-corrected chi connectivity index (χ1v) is 11.9. The standard InChI is InChI=1S/C24H29BrN4O5/c1-17(29-23(32)14-26-21(30)12-25)24(33)27-13-22(31)28-16-34-15-20-9-5-8-19(11-20)10-18-6-3-2-4-7-18/h2-9,11,17H,10,12-16H2,1H3,(H,26,30)(H,27,33)(H,28,31)(H,29,32). The summed E-state index contributed by atoms with van der Waals surface area (Å²) in [5.74, 6) is -1.80. The number of nitrogens with one attached hydrogen (secondary N) is 4. The molecule has 2 aromatic rings. The van der Waals surface area contributed by atoms with Crippen LogP contribution in [-0.2, 0) is 36.9 Å². The number of rotatable bonds is 13. The molecule has 0 heterocycles. The fraction of sp³-hybridized carbons (Fsp3) is 0.333. The van der Waals surface area contributed by atoms with E-state index in [4.69, 9.17) is 4.74 Å². The third-order valence-corrected chi connectivity index (χ3v) is 5.15. The van der Waals surface area contributed by atoms with Crippen LogP contribution in [0.4, 0.5) is 0 Å². The maximum atomic E-state index is 12.0. The molecule has 10 heteroatoms. The van der Waals surface area contributed by atoms with Crippen molar-refractivity contribution in [2.24, 2.45) is 0 Å². The molecular weight excluding hydrogens is 504 g/mol. The summed E-state index contributed by atoms with van der Waals surface area (Å²) in [5, 5.41) is 9.89. The lowest BCUT2D eigenvalue weighted by atomic mass is 10.0. The highest BCUT2D eigenvalue weighted by atomic mass is 79.9. The molecule has 0 spiro atoms. The van der Waals surface area contributed by atoms with E-state index in [1.807, 2.05) is 30.3 Å². The monoisotopic (exact) mass is 532 g/mol. The average molecular weight is 533 g/mol. The second kappa shape index (κ2) is 14.8. The van der Waals surface area contributed by atoms with Gasteiger partial charge >= 0.3 is 0 Å². The van der Waals surface area contributed by atoms with Crippen LogP contribution in [0, 0.1) is 0 Å². The summed E-state index contributed by atoms with van der Waals surface area (Å²) >= 11 is 2.97. The lowest BCUT2D eigenvalue weighted by Gasteiger charge is -2.14. The molecule has 1 atom stereocenters. The molecule has 0 radical (unpaired) electrons. The predicted octanol–water partition coefficient (Wildman–Crippen LogP) is 1.000. The molecule has 182 valence electrons. The first kappa shape index (κ1) is 27.0. The van der Waals surface area contributed by atoms with Gasteiger partial charge in [0.05, 0.1) is 25.0 Å². The van der Waals surface area contributed by atoms with Gasteiger partial charge in [0.15, 0.2) is 0 Å². The predicted molar refractivity (Wildman–Crippen MR) is 131 cm³/mol. The van der Waals surface area contributed by atoms with Gasteiger partial charge in [-0.2, -0.15) is 0 Å². The van der Waals surface area contributed by atoms with Crippen LogP contribution >= 0.6 is 15.9 Å². The Labute approximate surface area is 207 Å². The smallest absolute Gasteiger partial charge is 0.242 e. The molecule has 0 saturated carbocycles. The zero-order valence-electron chi connectivity index (χ0n) is 18.9. The number of halogens is 1. The van der Waals surface area contributed by atoms with Crippen molar-refractivity contribution in [3.05, 3.63) is 71.3 Å². The SMILES string of the molecule is CC(NC(=O)CNC(=O)CBr)C(=O)NCC(=O)NCOCc1cccc(Cc2ccccc2)c1. The van der Waals surface area contributed by atoms with Crippen LogP contribution in [0.25, 0.3) is 0 Å². The van der Waals surface area contributed by atoms with Gasteiger partial charge in [0.1, 0.15) is 12.8 Å². The van der Waals surface area contributed by atoms with Gasteiger partial charge < -0.3 is 26.0 Å². The third-order valence-electron chi connectivity index (χ3n) is 4.64. The first-order valence-electron chi connectivity index (χ1n) is 10.7. The normalized spacial score (nSPS) is 11.2. The van der Waals surface area contributed by atoms with E-state index < -0.39 is 23.8 Å². The Balaban J connectivity index is 1.62. The van der Waals surface area contributed by atoms with Crippen LogP contribution in [0.15, 0.2) is 54.6 Å². The van der Waals surface area contributed by atoms with E-state index in [-0.39, 0.29) is 31.1 Å². The lowest BCUT2D eigenvalue weighted by molar-refractivity contribution is -0.130. The maximum Gasteiger partial charge on any atom is 0.242 e. The van der Waals surface area contributed by atoms with E-state index in [1.54, 1.807) is 0 Å². The number of amides is 4. The Morgan fingerprint density at radius 3 is 2.24 bits per heavy atom. The second-order valence-corrected chi connectivity index (χ2v) is 8.05. The van der Waals surface area contributed by atoms with Gasteiger partial charge in [-0.3, -0.25) is 19.2 Å². The average Bonchev–Trinajstić information content (AvgIpc) is 2.84. The van der Waals surface area contributed by atoms with E-state index >= 15 is 0 Å². The van der Waals surface area contributed by atoms with Crippen molar-refractivity contribution in [1.29, 1.82) is 0 Å². The van der Waals surface area contributed by atoms with Crippen LogP contribution in [0.3, 0.4) is 0 Å². The zero-order chi connectivity index (χ0) is 24.8. The molecule has 0 aliphatic rings. The molecular formula is C24H29BrN4O5. The van der Waals surface area contributed by atoms with Crippen molar-refractivity contribution in [3.63, 3.8) is 0 Å². The minimum absolute atomic E-state index is 0.00280. The van der Waals surface area contributed by atoms with Gasteiger partial charge in [0.2, 0.25) is 23.6 Å². The van der Waals surface area contributed by atoms with E-state index in [0.717, 1.165) is 12.0 Å². The van der Waals surface area contributed by atoms with Gasteiger partial charge in [-0.05, 0) is 30.0 Å². The molecule has 0 bridgehead atoms. The van der Waals surface area contributed by atoms with Crippen molar-refractivity contribution < 1.29 is 23.9 Å². The number of ether oxygens (including phenoxy) is 1. The lowest BCUT2D eigenvalue weighted by Crippen LogP contribution is -2.49. The fourth-order valence-corrected chi connectivity index (χ4v) is 3.13. The van der Waals surface area contributed by atoms with Gasteiger partial charge in [0, 0.05) is 0 Å². The molecule has 0 fully saturated rings. The van der Waals surface area contributed by atoms with Crippen molar-refractivity contribution in [3.8, 4) is 0 Å². The molecule has 0 aliphatic carbocycles. The highest BCUT2D eigenvalue weighted by Gasteiger charge is 2.16. The van der Waals surface area contributed by atoms with E-state index in [2.05, 4.69) is 61.5 Å². The summed E-state index contributed by atoms with van der Waals surface area (Å²) in [6.07, 6.45) is 0.829. The van der Waals surface area contributed by atoms with Crippen molar-refractivity contribution >= 4 is 39.6 Å². The molecule has 0 aromatic heterocycles. The number of benzene rings is 2. The highest BCUT2D eigenvalue weighted by molar-refractivity contribution is 9.09. The van der Waals surface area contributed by atoms with E-state index in [9.17, 15) is 19.2 Å². The molecule has 4 amide bonds. The summed E-state index contributed by atoms with van der Waals surface area (Å²) in [6.45, 7) is 1.32. The molecule has 34 heavy (non-hydrogen) atoms. The van der Waals surface area contributed by atoms with Crippen LogP contribution in [0.5, 0.6) is 0 Å². The minimum atomic E-state index is -0.861. The Hall–Kier alpha value is -3.24.